The number of nitrogens with zero attached hydrogens (tertiary/aromatic N) is 1. The Labute approximate surface area is 104 Å². The van der Waals surface area contributed by atoms with E-state index in [4.69, 9.17) is 15.2 Å². The second-order valence-electron chi connectivity index (χ2n) is 6.03. The van der Waals surface area contributed by atoms with E-state index in [1.165, 1.54) is 6.42 Å². The third-order valence-electron chi connectivity index (χ3n) is 3.89. The average Bonchev–Trinajstić information content (AvgIpc) is 2.61. The summed E-state index contributed by atoms with van der Waals surface area (Å²) < 4.78 is 11.7. The fraction of sp³-hybridized carbons (Fsp3) is 1.00. The van der Waals surface area contributed by atoms with Crippen LogP contribution in [0.2, 0.25) is 0 Å². The second kappa shape index (κ2) is 5.22. The molecule has 3 atom stereocenters. The molecule has 100 valence electrons. The van der Waals surface area contributed by atoms with Crippen molar-refractivity contribution in [3.05, 3.63) is 0 Å². The Balaban J connectivity index is 1.85. The molecule has 0 aromatic rings. The largest absolute Gasteiger partial charge is 0.374 e. The molecule has 0 aliphatic carbocycles. The molecule has 0 saturated carbocycles. The van der Waals surface area contributed by atoms with Crippen molar-refractivity contribution in [3.8, 4) is 0 Å². The molecule has 4 nitrogen and oxygen atoms in total. The third kappa shape index (κ3) is 3.41. The maximum absolute atomic E-state index is 6.05. The number of nitrogens with two attached hydrogens (primary N) is 1. The van der Waals surface area contributed by atoms with E-state index in [9.17, 15) is 0 Å². The van der Waals surface area contributed by atoms with E-state index in [2.05, 4.69) is 25.7 Å². The third-order valence-corrected chi connectivity index (χ3v) is 3.89. The molecule has 2 fully saturated rings. The van der Waals surface area contributed by atoms with E-state index >= 15 is 0 Å². The standard InChI is InChI=1S/C13H26N2O2/c1-10-9-16-12(6-14)8-15(10)7-11-4-5-13(2,3)17-11/h10-12H,4-9,14H2,1-3H3. The Bertz CT molecular complexity index is 258. The van der Waals surface area contributed by atoms with Gasteiger partial charge in [0, 0.05) is 25.7 Å². The maximum atomic E-state index is 6.05. The molecule has 2 rings (SSSR count). The highest BCUT2D eigenvalue weighted by atomic mass is 16.5. The molecule has 0 amide bonds. The van der Waals surface area contributed by atoms with E-state index in [0.29, 0.717) is 18.7 Å². The lowest BCUT2D eigenvalue weighted by atomic mass is 10.1. The molecule has 0 bridgehead atoms. The van der Waals surface area contributed by atoms with Gasteiger partial charge in [-0.3, -0.25) is 4.90 Å². The van der Waals surface area contributed by atoms with Gasteiger partial charge in [0.05, 0.1) is 24.4 Å². The van der Waals surface area contributed by atoms with Gasteiger partial charge < -0.3 is 15.2 Å². The summed E-state index contributed by atoms with van der Waals surface area (Å²) >= 11 is 0. The summed E-state index contributed by atoms with van der Waals surface area (Å²) in [5.74, 6) is 0. The van der Waals surface area contributed by atoms with Gasteiger partial charge in [-0.15, -0.1) is 0 Å². The summed E-state index contributed by atoms with van der Waals surface area (Å²) in [5.41, 5.74) is 5.74. The van der Waals surface area contributed by atoms with Crippen molar-refractivity contribution in [1.29, 1.82) is 0 Å². The Hall–Kier alpha value is -0.160. The van der Waals surface area contributed by atoms with E-state index < -0.39 is 0 Å². The van der Waals surface area contributed by atoms with E-state index in [-0.39, 0.29) is 11.7 Å². The van der Waals surface area contributed by atoms with Crippen LogP contribution in [0.5, 0.6) is 0 Å². The highest BCUT2D eigenvalue weighted by Gasteiger charge is 2.34. The van der Waals surface area contributed by atoms with Crippen LogP contribution in [0.4, 0.5) is 0 Å². The SMILES string of the molecule is CC1COC(CN)CN1CC1CCC(C)(C)O1. The zero-order chi connectivity index (χ0) is 12.5. The molecule has 0 spiro atoms. The van der Waals surface area contributed by atoms with Crippen molar-refractivity contribution in [2.45, 2.75) is 57.5 Å². The van der Waals surface area contributed by atoms with Crippen molar-refractivity contribution in [1.82, 2.24) is 4.90 Å². The fourth-order valence-corrected chi connectivity index (χ4v) is 2.74. The molecule has 3 unspecified atom stereocenters. The smallest absolute Gasteiger partial charge is 0.0824 e. The highest BCUT2D eigenvalue weighted by Crippen LogP contribution is 2.30. The highest BCUT2D eigenvalue weighted by molar-refractivity contribution is 4.86. The van der Waals surface area contributed by atoms with Crippen LogP contribution in [0.3, 0.4) is 0 Å². The zero-order valence-corrected chi connectivity index (χ0v) is 11.3. The van der Waals surface area contributed by atoms with Gasteiger partial charge in [0.15, 0.2) is 0 Å². The average molecular weight is 242 g/mol. The van der Waals surface area contributed by atoms with Crippen LogP contribution in [-0.4, -0.2) is 55.0 Å². The topological polar surface area (TPSA) is 47.7 Å². The summed E-state index contributed by atoms with van der Waals surface area (Å²) in [6.45, 7) is 9.93. The van der Waals surface area contributed by atoms with Gasteiger partial charge in [-0.05, 0) is 33.6 Å². The van der Waals surface area contributed by atoms with E-state index in [1.54, 1.807) is 0 Å². The number of ether oxygens (including phenoxy) is 2. The fourth-order valence-electron chi connectivity index (χ4n) is 2.74. The van der Waals surface area contributed by atoms with Crippen molar-refractivity contribution in [2.75, 3.05) is 26.2 Å². The number of morpholine rings is 1. The van der Waals surface area contributed by atoms with Crippen LogP contribution >= 0.6 is 0 Å². The Morgan fingerprint density at radius 2 is 2.12 bits per heavy atom. The minimum atomic E-state index is 0.0630. The molecule has 2 aliphatic rings. The summed E-state index contributed by atoms with van der Waals surface area (Å²) in [6, 6.07) is 0.477. The summed E-state index contributed by atoms with van der Waals surface area (Å²) in [7, 11) is 0. The summed E-state index contributed by atoms with van der Waals surface area (Å²) in [6.07, 6.45) is 2.91. The Morgan fingerprint density at radius 3 is 2.71 bits per heavy atom. The molecule has 0 radical (unpaired) electrons. The van der Waals surface area contributed by atoms with Crippen LogP contribution in [0.25, 0.3) is 0 Å². The van der Waals surface area contributed by atoms with Crippen molar-refractivity contribution < 1.29 is 9.47 Å². The van der Waals surface area contributed by atoms with Crippen LogP contribution in [0, 0.1) is 0 Å². The van der Waals surface area contributed by atoms with Crippen LogP contribution in [0.15, 0.2) is 0 Å². The first kappa shape index (κ1) is 13.3. The minimum Gasteiger partial charge on any atom is -0.374 e. The van der Waals surface area contributed by atoms with E-state index in [1.807, 2.05) is 0 Å². The predicted octanol–water partition coefficient (Wildman–Crippen LogP) is 0.992. The number of hydrogen-bond acceptors (Lipinski definition) is 4. The van der Waals surface area contributed by atoms with Gasteiger partial charge in [-0.1, -0.05) is 0 Å². The molecule has 2 saturated heterocycles. The van der Waals surface area contributed by atoms with Gasteiger partial charge in [0.25, 0.3) is 0 Å². The maximum Gasteiger partial charge on any atom is 0.0824 e. The van der Waals surface area contributed by atoms with Crippen molar-refractivity contribution in [2.24, 2.45) is 5.73 Å². The first-order valence-electron chi connectivity index (χ1n) is 6.74. The molecular formula is C13H26N2O2. The van der Waals surface area contributed by atoms with E-state index in [0.717, 1.165) is 26.1 Å². The van der Waals surface area contributed by atoms with Gasteiger partial charge in [-0.2, -0.15) is 0 Å². The molecule has 4 heteroatoms. The van der Waals surface area contributed by atoms with Crippen LogP contribution < -0.4 is 5.73 Å². The molecule has 17 heavy (non-hydrogen) atoms. The van der Waals surface area contributed by atoms with Crippen LogP contribution in [-0.2, 0) is 9.47 Å². The number of hydrogen-bond donors (Lipinski definition) is 1. The summed E-state index contributed by atoms with van der Waals surface area (Å²) in [4.78, 5) is 2.47. The Morgan fingerprint density at radius 1 is 1.35 bits per heavy atom. The normalized spacial score (nSPS) is 38.5. The van der Waals surface area contributed by atoms with Gasteiger partial charge in [-0.25, -0.2) is 0 Å². The number of rotatable bonds is 3. The van der Waals surface area contributed by atoms with Gasteiger partial charge >= 0.3 is 0 Å². The van der Waals surface area contributed by atoms with Gasteiger partial charge in [0.2, 0.25) is 0 Å². The molecule has 0 aromatic carbocycles. The Kier molecular flexibility index (Phi) is 4.08. The molecule has 0 aromatic heterocycles. The lowest BCUT2D eigenvalue weighted by Gasteiger charge is -2.39. The predicted molar refractivity (Wildman–Crippen MR) is 68.0 cm³/mol. The van der Waals surface area contributed by atoms with Crippen molar-refractivity contribution in [3.63, 3.8) is 0 Å². The van der Waals surface area contributed by atoms with Crippen LogP contribution in [0.1, 0.15) is 33.6 Å². The molecule has 2 heterocycles. The van der Waals surface area contributed by atoms with Gasteiger partial charge in [0.1, 0.15) is 0 Å². The quantitative estimate of drug-likeness (QED) is 0.802. The summed E-state index contributed by atoms with van der Waals surface area (Å²) in [5, 5.41) is 0. The second-order valence-corrected chi connectivity index (χ2v) is 6.03. The molecular weight excluding hydrogens is 216 g/mol. The van der Waals surface area contributed by atoms with Crippen molar-refractivity contribution >= 4 is 0 Å². The first-order valence-corrected chi connectivity index (χ1v) is 6.74. The zero-order valence-electron chi connectivity index (χ0n) is 11.3. The molecule has 2 aliphatic heterocycles. The molecule has 2 N–H and O–H groups in total. The monoisotopic (exact) mass is 242 g/mol. The minimum absolute atomic E-state index is 0.0630. The first-order chi connectivity index (χ1) is 8.00. The lowest BCUT2D eigenvalue weighted by Crippen LogP contribution is -2.52. The lowest BCUT2D eigenvalue weighted by molar-refractivity contribution is -0.0825.